The highest BCUT2D eigenvalue weighted by Gasteiger charge is 2.29. The van der Waals surface area contributed by atoms with E-state index in [0.717, 1.165) is 0 Å². The molecule has 1 aliphatic carbocycles. The molecular formula is C7H9BrO2. The van der Waals surface area contributed by atoms with Crippen LogP contribution in [0, 0.1) is 16.7 Å². The predicted octanol–water partition coefficient (Wildman–Crippen LogP) is 0.474. The maximum absolute atomic E-state index is 9.06. The zero-order chi connectivity index (χ0) is 7.56. The van der Waals surface area contributed by atoms with Gasteiger partial charge in [-0.15, -0.1) is 0 Å². The van der Waals surface area contributed by atoms with Crippen molar-refractivity contribution in [3.63, 3.8) is 0 Å². The second-order valence-corrected chi connectivity index (χ2v) is 2.94. The average molecular weight is 205 g/mol. The van der Waals surface area contributed by atoms with Gasteiger partial charge in [0.2, 0.25) is 0 Å². The van der Waals surface area contributed by atoms with Crippen LogP contribution in [0.5, 0.6) is 0 Å². The first-order valence-electron chi connectivity index (χ1n) is 3.21. The predicted molar refractivity (Wildman–Crippen MR) is 41.4 cm³/mol. The Morgan fingerprint density at radius 3 is 2.10 bits per heavy atom. The minimum absolute atomic E-state index is 0.157. The lowest BCUT2D eigenvalue weighted by Gasteiger charge is -2.03. The molecule has 0 aromatic rings. The van der Waals surface area contributed by atoms with Gasteiger partial charge in [0.1, 0.15) is 0 Å². The topological polar surface area (TPSA) is 40.5 Å². The molecule has 3 heteroatoms. The van der Waals surface area contributed by atoms with E-state index in [-0.39, 0.29) is 5.92 Å². The number of aliphatic hydroxyl groups is 2. The highest BCUT2D eigenvalue weighted by atomic mass is 79.9. The molecule has 0 aromatic heterocycles. The Morgan fingerprint density at radius 2 is 1.70 bits per heavy atom. The van der Waals surface area contributed by atoms with Crippen molar-refractivity contribution in [3.05, 3.63) is 0 Å². The molecule has 56 valence electrons. The highest BCUT2D eigenvalue weighted by molar-refractivity contribution is 9.12. The maximum atomic E-state index is 9.06. The highest BCUT2D eigenvalue weighted by Crippen LogP contribution is 2.25. The Hall–Kier alpha value is -0.0400. The number of rotatable bonds is 0. The van der Waals surface area contributed by atoms with Gasteiger partial charge < -0.3 is 10.2 Å². The zero-order valence-corrected chi connectivity index (χ0v) is 7.00. The molecule has 10 heavy (non-hydrogen) atoms. The van der Waals surface area contributed by atoms with Crippen LogP contribution in [0.25, 0.3) is 0 Å². The Bertz CT molecular complexity index is 160. The van der Waals surface area contributed by atoms with Crippen LogP contribution in [-0.2, 0) is 0 Å². The molecule has 1 rings (SSSR count). The first-order valence-corrected chi connectivity index (χ1v) is 4.00. The van der Waals surface area contributed by atoms with Crippen LogP contribution < -0.4 is 0 Å². The molecule has 0 bridgehead atoms. The lowest BCUT2D eigenvalue weighted by Crippen LogP contribution is -2.17. The summed E-state index contributed by atoms with van der Waals surface area (Å²) in [6, 6.07) is 0. The number of halogens is 1. The van der Waals surface area contributed by atoms with Gasteiger partial charge in [0, 0.05) is 21.8 Å². The van der Waals surface area contributed by atoms with E-state index in [1.165, 1.54) is 0 Å². The van der Waals surface area contributed by atoms with Crippen LogP contribution >= 0.6 is 15.9 Å². The van der Waals surface area contributed by atoms with Crippen LogP contribution in [-0.4, -0.2) is 22.4 Å². The summed E-state index contributed by atoms with van der Waals surface area (Å²) in [5, 5.41) is 18.1. The van der Waals surface area contributed by atoms with Crippen molar-refractivity contribution in [1.82, 2.24) is 0 Å². The number of aliphatic hydroxyl groups excluding tert-OH is 2. The summed E-state index contributed by atoms with van der Waals surface area (Å²) in [4.78, 5) is 2.59. The van der Waals surface area contributed by atoms with Crippen LogP contribution in [0.15, 0.2) is 0 Å². The molecule has 0 spiro atoms. The largest absolute Gasteiger partial charge is 0.390 e. The summed E-state index contributed by atoms with van der Waals surface area (Å²) >= 11 is 2.97. The molecule has 1 fully saturated rings. The molecule has 0 amide bonds. The van der Waals surface area contributed by atoms with Gasteiger partial charge in [-0.25, -0.2) is 0 Å². The van der Waals surface area contributed by atoms with Crippen LogP contribution in [0.2, 0.25) is 0 Å². The van der Waals surface area contributed by atoms with E-state index in [2.05, 4.69) is 26.7 Å². The van der Waals surface area contributed by atoms with Crippen molar-refractivity contribution in [2.45, 2.75) is 25.0 Å². The summed E-state index contributed by atoms with van der Waals surface area (Å²) in [6.07, 6.45) is 0.0520. The first kappa shape index (κ1) is 8.06. The van der Waals surface area contributed by atoms with E-state index < -0.39 is 12.2 Å². The quantitative estimate of drug-likeness (QED) is 0.564. The fourth-order valence-corrected chi connectivity index (χ4v) is 1.51. The van der Waals surface area contributed by atoms with Gasteiger partial charge in [-0.1, -0.05) is 5.92 Å². The third kappa shape index (κ3) is 1.72. The van der Waals surface area contributed by atoms with Gasteiger partial charge in [0.05, 0.1) is 12.2 Å². The van der Waals surface area contributed by atoms with Gasteiger partial charge in [-0.2, -0.15) is 0 Å². The lowest BCUT2D eigenvalue weighted by molar-refractivity contribution is 0.0438. The molecule has 1 saturated carbocycles. The van der Waals surface area contributed by atoms with Crippen molar-refractivity contribution < 1.29 is 10.2 Å². The molecule has 2 atom stereocenters. The fraction of sp³-hybridized carbons (Fsp3) is 0.714. The molecule has 0 aromatic carbocycles. The lowest BCUT2D eigenvalue weighted by atomic mass is 10.1. The molecular weight excluding hydrogens is 196 g/mol. The SMILES string of the molecule is OC1CC(C#CBr)CC1O. The third-order valence-corrected chi connectivity index (χ3v) is 1.98. The van der Waals surface area contributed by atoms with Crippen LogP contribution in [0.3, 0.4) is 0 Å². The molecule has 0 heterocycles. The Labute approximate surface area is 68.4 Å². The van der Waals surface area contributed by atoms with E-state index in [0.29, 0.717) is 12.8 Å². The number of hydrogen-bond acceptors (Lipinski definition) is 2. The Kier molecular flexibility index (Phi) is 2.72. The summed E-state index contributed by atoms with van der Waals surface area (Å²) < 4.78 is 0. The van der Waals surface area contributed by atoms with Crippen LogP contribution in [0.1, 0.15) is 12.8 Å². The van der Waals surface area contributed by atoms with Gasteiger partial charge in [0.15, 0.2) is 0 Å². The zero-order valence-electron chi connectivity index (χ0n) is 5.42. The summed E-state index contributed by atoms with van der Waals surface area (Å²) in [5.74, 6) is 3.01. The minimum atomic E-state index is -0.571. The Balaban J connectivity index is 2.46. The molecule has 2 N–H and O–H groups in total. The van der Waals surface area contributed by atoms with Gasteiger partial charge in [-0.05, 0) is 17.7 Å². The fourth-order valence-electron chi connectivity index (χ4n) is 1.19. The van der Waals surface area contributed by atoms with Crippen LogP contribution in [0.4, 0.5) is 0 Å². The summed E-state index contributed by atoms with van der Waals surface area (Å²) in [5.41, 5.74) is 0. The van der Waals surface area contributed by atoms with E-state index in [9.17, 15) is 0 Å². The van der Waals surface area contributed by atoms with Gasteiger partial charge >= 0.3 is 0 Å². The van der Waals surface area contributed by atoms with E-state index in [1.807, 2.05) is 0 Å². The summed E-state index contributed by atoms with van der Waals surface area (Å²) in [7, 11) is 0. The monoisotopic (exact) mass is 204 g/mol. The maximum Gasteiger partial charge on any atom is 0.0811 e. The van der Waals surface area contributed by atoms with Gasteiger partial charge in [-0.3, -0.25) is 0 Å². The number of hydrogen-bond donors (Lipinski definition) is 2. The second kappa shape index (κ2) is 3.38. The Morgan fingerprint density at radius 1 is 1.20 bits per heavy atom. The van der Waals surface area contributed by atoms with E-state index in [1.54, 1.807) is 0 Å². The second-order valence-electron chi connectivity index (χ2n) is 2.54. The molecule has 1 aliphatic rings. The average Bonchev–Trinajstić information content (AvgIpc) is 2.14. The normalized spacial score (nSPS) is 38.9. The molecule has 0 radical (unpaired) electrons. The first-order chi connectivity index (χ1) is 4.74. The van der Waals surface area contributed by atoms with Crippen molar-refractivity contribution in [2.24, 2.45) is 5.92 Å². The smallest absolute Gasteiger partial charge is 0.0811 e. The van der Waals surface area contributed by atoms with Crippen molar-refractivity contribution in [2.75, 3.05) is 0 Å². The molecule has 0 saturated heterocycles. The third-order valence-electron chi connectivity index (χ3n) is 1.75. The molecule has 2 unspecified atom stereocenters. The minimum Gasteiger partial charge on any atom is -0.390 e. The van der Waals surface area contributed by atoms with E-state index >= 15 is 0 Å². The standard InChI is InChI=1S/C7H9BrO2/c8-2-1-5-3-6(9)7(10)4-5/h5-7,9-10H,3-4H2. The van der Waals surface area contributed by atoms with E-state index in [4.69, 9.17) is 10.2 Å². The molecule has 0 aliphatic heterocycles. The van der Waals surface area contributed by atoms with Crippen molar-refractivity contribution in [1.29, 1.82) is 0 Å². The van der Waals surface area contributed by atoms with Crippen molar-refractivity contribution in [3.8, 4) is 10.8 Å². The van der Waals surface area contributed by atoms with Gasteiger partial charge in [0.25, 0.3) is 0 Å². The van der Waals surface area contributed by atoms with Crippen molar-refractivity contribution >= 4 is 15.9 Å². The summed E-state index contributed by atoms with van der Waals surface area (Å²) in [6.45, 7) is 0. The molecule has 2 nitrogen and oxygen atoms in total.